The Morgan fingerprint density at radius 1 is 1.22 bits per heavy atom. The Morgan fingerprint density at radius 2 is 2.00 bits per heavy atom. The van der Waals surface area contributed by atoms with Crippen LogP contribution in [0.15, 0.2) is 30.3 Å². The van der Waals surface area contributed by atoms with E-state index in [4.69, 9.17) is 20.2 Å². The van der Waals surface area contributed by atoms with Crippen LogP contribution in [-0.4, -0.2) is 43.4 Å². The number of aromatic nitrogens is 2. The van der Waals surface area contributed by atoms with Gasteiger partial charge < -0.3 is 20.1 Å². The molecule has 6 nitrogen and oxygen atoms in total. The van der Waals surface area contributed by atoms with E-state index in [-0.39, 0.29) is 12.4 Å². The van der Waals surface area contributed by atoms with Crippen LogP contribution in [0.5, 0.6) is 5.75 Å². The third-order valence-corrected chi connectivity index (χ3v) is 3.64. The van der Waals surface area contributed by atoms with Gasteiger partial charge in [-0.1, -0.05) is 12.1 Å². The number of nitrogens with two attached hydrogens (primary N) is 1. The van der Waals surface area contributed by atoms with Gasteiger partial charge in [0.05, 0.1) is 31.7 Å². The molecule has 23 heavy (non-hydrogen) atoms. The molecule has 0 bridgehead atoms. The quantitative estimate of drug-likeness (QED) is 0.918. The maximum Gasteiger partial charge on any atom is 0.226 e. The van der Waals surface area contributed by atoms with E-state index < -0.39 is 0 Å². The van der Waals surface area contributed by atoms with Crippen molar-refractivity contribution in [3.8, 4) is 17.0 Å². The lowest BCUT2D eigenvalue weighted by atomic mass is 10.1. The van der Waals surface area contributed by atoms with Crippen LogP contribution in [0.4, 0.5) is 5.95 Å². The topological polar surface area (TPSA) is 73.5 Å². The molecule has 1 aliphatic heterocycles. The highest BCUT2D eigenvalue weighted by Crippen LogP contribution is 2.24. The zero-order valence-electron chi connectivity index (χ0n) is 13.1. The predicted molar refractivity (Wildman–Crippen MR) is 92.2 cm³/mol. The van der Waals surface area contributed by atoms with E-state index >= 15 is 0 Å². The summed E-state index contributed by atoms with van der Waals surface area (Å²) in [7, 11) is 1.66. The average molecular weight is 337 g/mol. The number of nitrogens with zero attached hydrogens (tertiary/aromatic N) is 3. The molecular formula is C16H21ClN4O2. The number of ether oxygens (including phenoxy) is 2. The Labute approximate surface area is 142 Å². The second kappa shape index (κ2) is 8.10. The van der Waals surface area contributed by atoms with Crippen LogP contribution >= 0.6 is 12.4 Å². The fraction of sp³-hybridized carbons (Fsp3) is 0.375. The number of hydrogen-bond acceptors (Lipinski definition) is 6. The average Bonchev–Trinajstić information content (AvgIpc) is 2.62. The summed E-state index contributed by atoms with van der Waals surface area (Å²) >= 11 is 0. The number of methoxy groups -OCH3 is 1. The van der Waals surface area contributed by atoms with E-state index in [0.29, 0.717) is 25.7 Å². The maximum absolute atomic E-state index is 5.79. The fourth-order valence-corrected chi connectivity index (χ4v) is 2.42. The number of rotatable bonds is 4. The summed E-state index contributed by atoms with van der Waals surface area (Å²) < 4.78 is 10.7. The molecule has 0 spiro atoms. The highest BCUT2D eigenvalue weighted by atomic mass is 35.5. The van der Waals surface area contributed by atoms with Gasteiger partial charge in [-0.05, 0) is 18.2 Å². The summed E-state index contributed by atoms with van der Waals surface area (Å²) in [6.45, 7) is 3.38. The summed E-state index contributed by atoms with van der Waals surface area (Å²) in [5.41, 5.74) is 8.47. The first kappa shape index (κ1) is 17.5. The predicted octanol–water partition coefficient (Wildman–Crippen LogP) is 1.87. The molecule has 0 aliphatic carbocycles. The highest BCUT2D eigenvalue weighted by molar-refractivity contribution is 5.85. The van der Waals surface area contributed by atoms with E-state index in [9.17, 15) is 0 Å². The summed E-state index contributed by atoms with van der Waals surface area (Å²) in [4.78, 5) is 11.4. The van der Waals surface area contributed by atoms with Gasteiger partial charge in [0, 0.05) is 25.2 Å². The van der Waals surface area contributed by atoms with Gasteiger partial charge in [-0.25, -0.2) is 9.97 Å². The van der Waals surface area contributed by atoms with Crippen LogP contribution in [0, 0.1) is 0 Å². The van der Waals surface area contributed by atoms with Crippen LogP contribution in [-0.2, 0) is 11.3 Å². The molecule has 0 unspecified atom stereocenters. The Hall–Kier alpha value is -1.89. The second-order valence-corrected chi connectivity index (χ2v) is 5.08. The van der Waals surface area contributed by atoms with Crippen LogP contribution in [0.3, 0.4) is 0 Å². The largest absolute Gasteiger partial charge is 0.497 e. The number of benzene rings is 1. The van der Waals surface area contributed by atoms with Crippen LogP contribution in [0.25, 0.3) is 11.3 Å². The first-order valence-electron chi connectivity index (χ1n) is 7.35. The molecular weight excluding hydrogens is 316 g/mol. The Balaban J connectivity index is 0.00000192. The Kier molecular flexibility index (Phi) is 6.15. The monoisotopic (exact) mass is 336 g/mol. The lowest BCUT2D eigenvalue weighted by Gasteiger charge is -2.27. The summed E-state index contributed by atoms with van der Waals surface area (Å²) in [6.07, 6.45) is 0. The fourth-order valence-electron chi connectivity index (χ4n) is 2.42. The van der Waals surface area contributed by atoms with Gasteiger partial charge in [0.2, 0.25) is 5.95 Å². The number of halogens is 1. The van der Waals surface area contributed by atoms with E-state index in [2.05, 4.69) is 9.88 Å². The van der Waals surface area contributed by atoms with Crippen molar-refractivity contribution < 1.29 is 9.47 Å². The van der Waals surface area contributed by atoms with Gasteiger partial charge in [0.15, 0.2) is 0 Å². The molecule has 0 amide bonds. The molecule has 1 aromatic heterocycles. The minimum Gasteiger partial charge on any atom is -0.497 e. The van der Waals surface area contributed by atoms with E-state index in [1.165, 1.54) is 0 Å². The van der Waals surface area contributed by atoms with Gasteiger partial charge in [-0.3, -0.25) is 0 Å². The third kappa shape index (κ3) is 4.10. The summed E-state index contributed by atoms with van der Waals surface area (Å²) in [5.74, 6) is 1.52. The molecule has 2 aromatic rings. The normalized spacial score (nSPS) is 14.3. The standard InChI is InChI=1S/C16H20N4O2.ClH/c1-21-14-4-2-3-12(9-14)15-10-13(11-17)18-16(19-15)20-5-7-22-8-6-20;/h2-4,9-10H,5-8,11,17H2,1H3;1H. The first-order chi connectivity index (χ1) is 10.8. The van der Waals surface area contributed by atoms with Crippen molar-refractivity contribution >= 4 is 18.4 Å². The highest BCUT2D eigenvalue weighted by Gasteiger charge is 2.16. The van der Waals surface area contributed by atoms with Crippen molar-refractivity contribution in [2.24, 2.45) is 5.73 Å². The minimum absolute atomic E-state index is 0. The van der Waals surface area contributed by atoms with Crippen molar-refractivity contribution in [1.82, 2.24) is 9.97 Å². The molecule has 2 heterocycles. The van der Waals surface area contributed by atoms with Crippen LogP contribution < -0.4 is 15.4 Å². The first-order valence-corrected chi connectivity index (χ1v) is 7.35. The minimum atomic E-state index is 0. The number of hydrogen-bond donors (Lipinski definition) is 1. The van der Waals surface area contributed by atoms with Gasteiger partial charge >= 0.3 is 0 Å². The molecule has 1 aliphatic rings. The van der Waals surface area contributed by atoms with E-state index in [1.54, 1.807) is 7.11 Å². The molecule has 0 saturated carbocycles. The van der Waals surface area contributed by atoms with Crippen molar-refractivity contribution in [2.45, 2.75) is 6.54 Å². The van der Waals surface area contributed by atoms with E-state index in [0.717, 1.165) is 35.8 Å². The van der Waals surface area contributed by atoms with Gasteiger partial charge in [0.1, 0.15) is 5.75 Å². The van der Waals surface area contributed by atoms with Gasteiger partial charge in [-0.15, -0.1) is 12.4 Å². The molecule has 0 atom stereocenters. The summed E-state index contributed by atoms with van der Waals surface area (Å²) in [5, 5.41) is 0. The zero-order chi connectivity index (χ0) is 15.4. The summed E-state index contributed by atoms with van der Waals surface area (Å²) in [6, 6.07) is 9.77. The Morgan fingerprint density at radius 3 is 2.70 bits per heavy atom. The van der Waals surface area contributed by atoms with Gasteiger partial charge in [-0.2, -0.15) is 0 Å². The Bertz CT molecular complexity index is 648. The molecule has 7 heteroatoms. The molecule has 3 rings (SSSR count). The second-order valence-electron chi connectivity index (χ2n) is 5.08. The molecule has 124 valence electrons. The third-order valence-electron chi connectivity index (χ3n) is 3.64. The van der Waals surface area contributed by atoms with Crippen molar-refractivity contribution in [3.05, 3.63) is 36.0 Å². The van der Waals surface area contributed by atoms with Crippen molar-refractivity contribution in [3.63, 3.8) is 0 Å². The molecule has 1 fully saturated rings. The van der Waals surface area contributed by atoms with E-state index in [1.807, 2.05) is 30.3 Å². The van der Waals surface area contributed by atoms with Crippen molar-refractivity contribution in [1.29, 1.82) is 0 Å². The van der Waals surface area contributed by atoms with Crippen LogP contribution in [0.2, 0.25) is 0 Å². The number of morpholine rings is 1. The SMILES string of the molecule is COc1cccc(-c2cc(CN)nc(N3CCOCC3)n2)c1.Cl. The van der Waals surface area contributed by atoms with Crippen molar-refractivity contribution in [2.75, 3.05) is 38.3 Å². The molecule has 1 aromatic carbocycles. The lowest BCUT2D eigenvalue weighted by molar-refractivity contribution is 0.122. The maximum atomic E-state index is 5.79. The molecule has 2 N–H and O–H groups in total. The molecule has 1 saturated heterocycles. The number of anilines is 1. The van der Waals surface area contributed by atoms with Crippen LogP contribution in [0.1, 0.15) is 5.69 Å². The van der Waals surface area contributed by atoms with Gasteiger partial charge in [0.25, 0.3) is 0 Å². The smallest absolute Gasteiger partial charge is 0.226 e. The zero-order valence-corrected chi connectivity index (χ0v) is 13.9. The lowest BCUT2D eigenvalue weighted by Crippen LogP contribution is -2.37. The molecule has 0 radical (unpaired) electrons.